The summed E-state index contributed by atoms with van der Waals surface area (Å²) in [6.45, 7) is 0.0932. The van der Waals surface area contributed by atoms with Crippen molar-refractivity contribution < 1.29 is 14.9 Å². The van der Waals surface area contributed by atoms with Gasteiger partial charge in [0.1, 0.15) is 18.5 Å². The number of halogens is 1. The SMILES string of the molecule is NCc1ccc(OCC(O)CO)c(Cl)c1. The van der Waals surface area contributed by atoms with Gasteiger partial charge in [-0.3, -0.25) is 0 Å². The number of hydrogen-bond acceptors (Lipinski definition) is 4. The van der Waals surface area contributed by atoms with Crippen LogP contribution in [-0.2, 0) is 6.54 Å². The molecule has 1 aromatic carbocycles. The molecule has 0 amide bonds. The zero-order valence-corrected chi connectivity index (χ0v) is 8.94. The number of benzene rings is 1. The van der Waals surface area contributed by atoms with Crippen LogP contribution in [0.2, 0.25) is 5.02 Å². The smallest absolute Gasteiger partial charge is 0.138 e. The lowest BCUT2D eigenvalue weighted by atomic mass is 10.2. The molecule has 4 nitrogen and oxygen atoms in total. The number of nitrogens with two attached hydrogens (primary N) is 1. The predicted molar refractivity (Wildman–Crippen MR) is 57.9 cm³/mol. The molecule has 1 aromatic rings. The molecule has 15 heavy (non-hydrogen) atoms. The van der Waals surface area contributed by atoms with Crippen LogP contribution < -0.4 is 10.5 Å². The summed E-state index contributed by atoms with van der Waals surface area (Å²) in [4.78, 5) is 0. The molecule has 5 heteroatoms. The van der Waals surface area contributed by atoms with Gasteiger partial charge in [0.15, 0.2) is 0 Å². The molecule has 0 radical (unpaired) electrons. The Morgan fingerprint density at radius 3 is 2.73 bits per heavy atom. The van der Waals surface area contributed by atoms with Gasteiger partial charge in [-0.05, 0) is 17.7 Å². The Labute approximate surface area is 93.2 Å². The van der Waals surface area contributed by atoms with E-state index in [1.54, 1.807) is 18.2 Å². The molecule has 0 fully saturated rings. The van der Waals surface area contributed by atoms with Gasteiger partial charge < -0.3 is 20.7 Å². The van der Waals surface area contributed by atoms with Crippen LogP contribution in [0, 0.1) is 0 Å². The fourth-order valence-electron chi connectivity index (χ4n) is 1.03. The van der Waals surface area contributed by atoms with Crippen molar-refractivity contribution in [2.24, 2.45) is 5.73 Å². The second kappa shape index (κ2) is 5.92. The molecule has 0 aromatic heterocycles. The topological polar surface area (TPSA) is 75.7 Å². The Hall–Kier alpha value is -0.810. The summed E-state index contributed by atoms with van der Waals surface area (Å²) in [5, 5.41) is 18.1. The molecule has 0 saturated carbocycles. The van der Waals surface area contributed by atoms with Crippen LogP contribution in [0.5, 0.6) is 5.75 Å². The third-order valence-electron chi connectivity index (χ3n) is 1.87. The monoisotopic (exact) mass is 231 g/mol. The Morgan fingerprint density at radius 1 is 1.47 bits per heavy atom. The van der Waals surface area contributed by atoms with Crippen molar-refractivity contribution in [3.8, 4) is 5.75 Å². The minimum Gasteiger partial charge on any atom is -0.489 e. The molecule has 0 aliphatic heterocycles. The minimum absolute atomic E-state index is 0.0121. The Morgan fingerprint density at radius 2 is 2.20 bits per heavy atom. The van der Waals surface area contributed by atoms with Gasteiger partial charge in [0.25, 0.3) is 0 Å². The van der Waals surface area contributed by atoms with Gasteiger partial charge in [-0.15, -0.1) is 0 Å². The molecule has 1 unspecified atom stereocenters. The maximum Gasteiger partial charge on any atom is 0.138 e. The Balaban J connectivity index is 2.62. The van der Waals surface area contributed by atoms with Gasteiger partial charge in [-0.25, -0.2) is 0 Å². The van der Waals surface area contributed by atoms with E-state index in [1.165, 1.54) is 0 Å². The first-order chi connectivity index (χ1) is 7.17. The number of rotatable bonds is 5. The summed E-state index contributed by atoms with van der Waals surface area (Å²) in [7, 11) is 0. The van der Waals surface area contributed by atoms with Crippen molar-refractivity contribution in [1.82, 2.24) is 0 Å². The lowest BCUT2D eigenvalue weighted by molar-refractivity contribution is 0.0536. The molecule has 0 saturated heterocycles. The summed E-state index contributed by atoms with van der Waals surface area (Å²) in [6, 6.07) is 5.20. The minimum atomic E-state index is -0.893. The third-order valence-corrected chi connectivity index (χ3v) is 2.17. The van der Waals surface area contributed by atoms with Crippen molar-refractivity contribution >= 4 is 11.6 Å². The average molecular weight is 232 g/mol. The van der Waals surface area contributed by atoms with E-state index >= 15 is 0 Å². The lowest BCUT2D eigenvalue weighted by Crippen LogP contribution is -2.21. The van der Waals surface area contributed by atoms with Gasteiger partial charge in [-0.1, -0.05) is 17.7 Å². The van der Waals surface area contributed by atoms with E-state index in [1.807, 2.05) is 0 Å². The van der Waals surface area contributed by atoms with E-state index in [2.05, 4.69) is 0 Å². The van der Waals surface area contributed by atoms with Crippen LogP contribution in [0.4, 0.5) is 0 Å². The molecule has 0 aliphatic rings. The zero-order chi connectivity index (χ0) is 11.3. The number of ether oxygens (including phenoxy) is 1. The first-order valence-electron chi connectivity index (χ1n) is 4.57. The fourth-order valence-corrected chi connectivity index (χ4v) is 1.28. The number of aliphatic hydroxyl groups is 2. The van der Waals surface area contributed by atoms with Crippen LogP contribution in [0.1, 0.15) is 5.56 Å². The highest BCUT2D eigenvalue weighted by molar-refractivity contribution is 6.32. The van der Waals surface area contributed by atoms with E-state index in [0.717, 1.165) is 5.56 Å². The summed E-state index contributed by atoms with van der Waals surface area (Å²) in [6.07, 6.45) is -0.893. The number of hydrogen-bond donors (Lipinski definition) is 3. The van der Waals surface area contributed by atoms with Crippen LogP contribution in [0.25, 0.3) is 0 Å². The van der Waals surface area contributed by atoms with Crippen molar-refractivity contribution in [3.05, 3.63) is 28.8 Å². The summed E-state index contributed by atoms with van der Waals surface area (Å²) >= 11 is 5.91. The largest absolute Gasteiger partial charge is 0.489 e. The first kappa shape index (κ1) is 12.3. The number of aliphatic hydroxyl groups excluding tert-OH is 2. The van der Waals surface area contributed by atoms with Crippen molar-refractivity contribution in [3.63, 3.8) is 0 Å². The molecule has 84 valence electrons. The third kappa shape index (κ3) is 3.68. The molecule has 0 bridgehead atoms. The van der Waals surface area contributed by atoms with Crippen molar-refractivity contribution in [2.75, 3.05) is 13.2 Å². The van der Waals surface area contributed by atoms with Gasteiger partial charge >= 0.3 is 0 Å². The molecule has 1 atom stereocenters. The normalized spacial score (nSPS) is 12.5. The van der Waals surface area contributed by atoms with Crippen LogP contribution >= 0.6 is 11.6 Å². The van der Waals surface area contributed by atoms with Crippen LogP contribution in [-0.4, -0.2) is 29.5 Å². The van der Waals surface area contributed by atoms with E-state index in [4.69, 9.17) is 32.3 Å². The predicted octanol–water partition coefficient (Wildman–Crippen LogP) is 0.531. The Kier molecular flexibility index (Phi) is 4.84. The van der Waals surface area contributed by atoms with Gasteiger partial charge in [0.2, 0.25) is 0 Å². The standard InChI is InChI=1S/C10H14ClNO3/c11-9-3-7(4-12)1-2-10(9)15-6-8(14)5-13/h1-3,8,13-14H,4-6,12H2. The second-order valence-electron chi connectivity index (χ2n) is 3.12. The molecular formula is C10H14ClNO3. The molecule has 0 spiro atoms. The first-order valence-corrected chi connectivity index (χ1v) is 4.95. The molecule has 1 rings (SSSR count). The summed E-state index contributed by atoms with van der Waals surface area (Å²) < 4.78 is 5.21. The Bertz CT molecular complexity index is 320. The van der Waals surface area contributed by atoms with E-state index in [-0.39, 0.29) is 13.2 Å². The summed E-state index contributed by atoms with van der Waals surface area (Å²) in [5.41, 5.74) is 6.35. The lowest BCUT2D eigenvalue weighted by Gasteiger charge is -2.11. The molecular weight excluding hydrogens is 218 g/mol. The fraction of sp³-hybridized carbons (Fsp3) is 0.400. The van der Waals surface area contributed by atoms with Gasteiger partial charge in [0.05, 0.1) is 11.6 Å². The summed E-state index contributed by atoms with van der Waals surface area (Å²) in [5.74, 6) is 0.473. The van der Waals surface area contributed by atoms with Crippen LogP contribution in [0.3, 0.4) is 0 Å². The second-order valence-corrected chi connectivity index (χ2v) is 3.52. The highest BCUT2D eigenvalue weighted by Gasteiger charge is 2.06. The van der Waals surface area contributed by atoms with Crippen molar-refractivity contribution in [1.29, 1.82) is 0 Å². The molecule has 0 heterocycles. The average Bonchev–Trinajstić information content (AvgIpc) is 2.26. The van der Waals surface area contributed by atoms with E-state index in [9.17, 15) is 0 Å². The van der Waals surface area contributed by atoms with Gasteiger partial charge in [-0.2, -0.15) is 0 Å². The van der Waals surface area contributed by atoms with Crippen LogP contribution in [0.15, 0.2) is 18.2 Å². The maximum absolute atomic E-state index is 9.07. The highest BCUT2D eigenvalue weighted by atomic mass is 35.5. The molecule has 0 aliphatic carbocycles. The highest BCUT2D eigenvalue weighted by Crippen LogP contribution is 2.25. The van der Waals surface area contributed by atoms with Crippen molar-refractivity contribution in [2.45, 2.75) is 12.6 Å². The van der Waals surface area contributed by atoms with Gasteiger partial charge in [0, 0.05) is 6.54 Å². The quantitative estimate of drug-likeness (QED) is 0.691. The zero-order valence-electron chi connectivity index (χ0n) is 8.19. The van der Waals surface area contributed by atoms with E-state index in [0.29, 0.717) is 17.3 Å². The molecule has 4 N–H and O–H groups in total. The maximum atomic E-state index is 9.07. The van der Waals surface area contributed by atoms with E-state index < -0.39 is 6.10 Å².